The predicted molar refractivity (Wildman–Crippen MR) is 40.6 cm³/mol. The van der Waals surface area contributed by atoms with Gasteiger partial charge >= 0.3 is 0 Å². The fraction of sp³-hybridized carbons (Fsp3) is 1.00. The lowest BCUT2D eigenvalue weighted by molar-refractivity contribution is -0.111. The Bertz CT molecular complexity index is 260. The molecule has 0 rings (SSSR count). The van der Waals surface area contributed by atoms with Gasteiger partial charge in [-0.2, -0.15) is 8.42 Å². The fourth-order valence-corrected chi connectivity index (χ4v) is 0.931. The van der Waals surface area contributed by atoms with Crippen molar-refractivity contribution in [2.24, 2.45) is 5.41 Å². The molecule has 0 aromatic rings. The number of halogens is 3. The lowest BCUT2D eigenvalue weighted by atomic mass is 9.94. The van der Waals surface area contributed by atoms with Crippen molar-refractivity contribution >= 4 is 10.1 Å². The van der Waals surface area contributed by atoms with Crippen molar-refractivity contribution < 1.29 is 25.8 Å². The largest absolute Gasteiger partial charge is 0.267 e. The van der Waals surface area contributed by atoms with Crippen molar-refractivity contribution in [3.63, 3.8) is 0 Å². The second-order valence-electron chi connectivity index (χ2n) is 3.24. The normalized spacial score (nSPS) is 16.2. The van der Waals surface area contributed by atoms with E-state index in [9.17, 15) is 21.6 Å². The van der Waals surface area contributed by atoms with E-state index in [0.29, 0.717) is 6.26 Å². The molecule has 0 heterocycles. The molecule has 0 spiro atoms. The molecule has 7 heteroatoms. The highest BCUT2D eigenvalue weighted by Crippen LogP contribution is 2.32. The van der Waals surface area contributed by atoms with Gasteiger partial charge in [-0.05, 0) is 13.8 Å². The van der Waals surface area contributed by atoms with E-state index in [1.807, 2.05) is 0 Å². The summed E-state index contributed by atoms with van der Waals surface area (Å²) >= 11 is 0. The van der Waals surface area contributed by atoms with Crippen LogP contribution < -0.4 is 0 Å². The molecule has 0 aliphatic heterocycles. The Kier molecular flexibility index (Phi) is 3.74. The van der Waals surface area contributed by atoms with E-state index in [4.69, 9.17) is 0 Å². The van der Waals surface area contributed by atoms with Crippen LogP contribution in [0, 0.1) is 5.41 Å². The highest BCUT2D eigenvalue weighted by molar-refractivity contribution is 7.86. The Morgan fingerprint density at radius 1 is 1.23 bits per heavy atom. The molecule has 80 valence electrons. The Hall–Kier alpha value is -0.300. The van der Waals surface area contributed by atoms with E-state index < -0.39 is 28.3 Å². The van der Waals surface area contributed by atoms with Crippen molar-refractivity contribution in [2.75, 3.05) is 6.26 Å². The minimum atomic E-state index is -4.05. The zero-order valence-corrected chi connectivity index (χ0v) is 8.24. The van der Waals surface area contributed by atoms with Crippen LogP contribution in [0.15, 0.2) is 0 Å². The van der Waals surface area contributed by atoms with Gasteiger partial charge in [-0.3, -0.25) is 0 Å². The number of hydrogen-bond acceptors (Lipinski definition) is 3. The van der Waals surface area contributed by atoms with Gasteiger partial charge in [0, 0.05) is 0 Å². The fourth-order valence-electron chi connectivity index (χ4n) is 0.377. The van der Waals surface area contributed by atoms with Crippen LogP contribution in [0.3, 0.4) is 0 Å². The zero-order valence-electron chi connectivity index (χ0n) is 7.42. The van der Waals surface area contributed by atoms with Gasteiger partial charge in [0.05, 0.1) is 11.7 Å². The molecular weight excluding hydrogens is 209 g/mol. The van der Waals surface area contributed by atoms with E-state index in [1.54, 1.807) is 0 Å². The van der Waals surface area contributed by atoms with Crippen molar-refractivity contribution in [3.8, 4) is 0 Å². The molecule has 0 aromatic carbocycles. The first-order valence-corrected chi connectivity index (χ1v) is 5.19. The van der Waals surface area contributed by atoms with Crippen molar-refractivity contribution in [1.29, 1.82) is 0 Å². The third-order valence-electron chi connectivity index (χ3n) is 1.41. The summed E-state index contributed by atoms with van der Waals surface area (Å²) in [6, 6.07) is 0. The third-order valence-corrected chi connectivity index (χ3v) is 1.93. The minimum absolute atomic E-state index is 0.598. The van der Waals surface area contributed by atoms with E-state index >= 15 is 0 Å². The van der Waals surface area contributed by atoms with Gasteiger partial charge in [-0.15, -0.1) is 0 Å². The average Bonchev–Trinajstić information content (AvgIpc) is 1.82. The van der Waals surface area contributed by atoms with Gasteiger partial charge in [0.1, 0.15) is 0 Å². The molecular formula is C6H11F3O3S. The van der Waals surface area contributed by atoms with Gasteiger partial charge in [0.2, 0.25) is 12.8 Å². The van der Waals surface area contributed by atoms with Gasteiger partial charge in [-0.25, -0.2) is 17.4 Å². The molecule has 1 unspecified atom stereocenters. The maximum atomic E-state index is 12.8. The summed E-state index contributed by atoms with van der Waals surface area (Å²) in [6.07, 6.45) is -4.94. The van der Waals surface area contributed by atoms with E-state index in [1.165, 1.54) is 0 Å². The molecule has 0 saturated heterocycles. The molecule has 13 heavy (non-hydrogen) atoms. The summed E-state index contributed by atoms with van der Waals surface area (Å²) in [7, 11) is -4.05. The molecule has 0 radical (unpaired) electrons. The first-order valence-electron chi connectivity index (χ1n) is 3.38. The quantitative estimate of drug-likeness (QED) is 0.675. The van der Waals surface area contributed by atoms with Crippen LogP contribution in [0.4, 0.5) is 13.2 Å². The van der Waals surface area contributed by atoms with Gasteiger partial charge in [0.25, 0.3) is 10.1 Å². The molecule has 0 aliphatic carbocycles. The van der Waals surface area contributed by atoms with Crippen LogP contribution in [-0.4, -0.2) is 27.5 Å². The molecule has 0 aliphatic rings. The van der Waals surface area contributed by atoms with E-state index in [-0.39, 0.29) is 0 Å². The maximum absolute atomic E-state index is 12.8. The first kappa shape index (κ1) is 12.7. The summed E-state index contributed by atoms with van der Waals surface area (Å²) in [5.41, 5.74) is -2.14. The van der Waals surface area contributed by atoms with Crippen LogP contribution in [0.2, 0.25) is 0 Å². The lowest BCUT2D eigenvalue weighted by Gasteiger charge is -2.26. The standard InChI is InChI=1S/C6H11F3O3S/c1-6(2,4(7)8)5(9)12-13(3,10)11/h4-5H,1-3H3. The smallest absolute Gasteiger partial charge is 0.232 e. The average molecular weight is 220 g/mol. The molecule has 0 amide bonds. The van der Waals surface area contributed by atoms with Crippen LogP contribution in [-0.2, 0) is 14.3 Å². The monoisotopic (exact) mass is 220 g/mol. The second-order valence-corrected chi connectivity index (χ2v) is 4.84. The van der Waals surface area contributed by atoms with Crippen molar-refractivity contribution in [2.45, 2.75) is 26.6 Å². The number of hydrogen-bond donors (Lipinski definition) is 0. The molecule has 0 bridgehead atoms. The summed E-state index contributed by atoms with van der Waals surface area (Å²) in [5.74, 6) is 0. The first-order chi connectivity index (χ1) is 5.57. The van der Waals surface area contributed by atoms with Crippen LogP contribution in [0.25, 0.3) is 0 Å². The maximum Gasteiger partial charge on any atom is 0.267 e. The lowest BCUT2D eigenvalue weighted by Crippen LogP contribution is -2.36. The molecule has 0 N–H and O–H groups in total. The minimum Gasteiger partial charge on any atom is -0.232 e. The second kappa shape index (κ2) is 3.83. The van der Waals surface area contributed by atoms with Gasteiger partial charge in [-0.1, -0.05) is 0 Å². The molecule has 1 atom stereocenters. The van der Waals surface area contributed by atoms with Crippen LogP contribution in [0.1, 0.15) is 13.8 Å². The van der Waals surface area contributed by atoms with Crippen LogP contribution >= 0.6 is 0 Å². The van der Waals surface area contributed by atoms with Crippen molar-refractivity contribution in [1.82, 2.24) is 0 Å². The third kappa shape index (κ3) is 3.95. The Balaban J connectivity index is 4.52. The predicted octanol–water partition coefficient (Wildman–Crippen LogP) is 1.55. The molecule has 3 nitrogen and oxygen atoms in total. The van der Waals surface area contributed by atoms with Gasteiger partial charge < -0.3 is 0 Å². The van der Waals surface area contributed by atoms with Crippen molar-refractivity contribution in [3.05, 3.63) is 0 Å². The van der Waals surface area contributed by atoms with Gasteiger partial charge in [0.15, 0.2) is 0 Å². The Labute approximate surface area is 75.0 Å². The van der Waals surface area contributed by atoms with E-state index in [2.05, 4.69) is 4.18 Å². The Morgan fingerprint density at radius 3 is 1.85 bits per heavy atom. The summed E-state index contributed by atoms with van der Waals surface area (Å²) in [4.78, 5) is 0. The Morgan fingerprint density at radius 2 is 1.62 bits per heavy atom. The molecule has 0 aromatic heterocycles. The molecule has 0 fully saturated rings. The topological polar surface area (TPSA) is 43.4 Å². The molecule has 0 saturated carbocycles. The zero-order chi connectivity index (χ0) is 10.9. The highest BCUT2D eigenvalue weighted by Gasteiger charge is 2.41. The number of rotatable bonds is 4. The summed E-state index contributed by atoms with van der Waals surface area (Å²) < 4.78 is 61.7. The van der Waals surface area contributed by atoms with E-state index in [0.717, 1.165) is 13.8 Å². The number of alkyl halides is 3. The SMILES string of the molecule is CC(C)(C(F)F)C(F)OS(C)(=O)=O. The highest BCUT2D eigenvalue weighted by atomic mass is 32.2. The van der Waals surface area contributed by atoms with Crippen LogP contribution in [0.5, 0.6) is 0 Å². The summed E-state index contributed by atoms with van der Waals surface area (Å²) in [6.45, 7) is 1.76. The summed E-state index contributed by atoms with van der Waals surface area (Å²) in [5, 5.41) is 0.